The van der Waals surface area contributed by atoms with E-state index in [-0.39, 0.29) is 11.3 Å². The number of amides is 1. The van der Waals surface area contributed by atoms with Crippen LogP contribution in [-0.2, 0) is 4.79 Å². The topological polar surface area (TPSA) is 52.9 Å². The molecule has 0 spiro atoms. The molecule has 1 N–H and O–H groups in total. The summed E-state index contributed by atoms with van der Waals surface area (Å²) in [5.74, 6) is 1.86. The number of hydrogen-bond donors (Lipinski definition) is 1. The zero-order valence-electron chi connectivity index (χ0n) is 11.9. The number of nitrogens with one attached hydrogen (secondary N) is 1. The molecule has 4 aliphatic rings. The molecule has 0 aromatic carbocycles. The summed E-state index contributed by atoms with van der Waals surface area (Å²) in [6, 6.07) is 2.13. The van der Waals surface area contributed by atoms with E-state index in [1.165, 1.54) is 19.3 Å². The van der Waals surface area contributed by atoms with Crippen molar-refractivity contribution in [2.24, 2.45) is 22.7 Å². The second-order valence-electron chi connectivity index (χ2n) is 7.57. The lowest BCUT2D eigenvalue weighted by Gasteiger charge is -2.60. The number of nitriles is 1. The summed E-state index contributed by atoms with van der Waals surface area (Å²) in [5, 5.41) is 11.6. The molecule has 0 radical (unpaired) electrons. The molecule has 4 aliphatic carbocycles. The molecule has 3 nitrogen and oxygen atoms in total. The van der Waals surface area contributed by atoms with Gasteiger partial charge in [0.15, 0.2) is 0 Å². The van der Waals surface area contributed by atoms with Crippen LogP contribution in [0.4, 0.5) is 0 Å². The number of hydrogen-bond acceptors (Lipinski definition) is 2. The van der Waals surface area contributed by atoms with Crippen LogP contribution in [0.1, 0.15) is 58.3 Å². The van der Waals surface area contributed by atoms with Gasteiger partial charge in [0, 0.05) is 13.0 Å². The average Bonchev–Trinajstić information content (AvgIpc) is 2.31. The minimum absolute atomic E-state index is 0.0640. The van der Waals surface area contributed by atoms with E-state index >= 15 is 0 Å². The largest absolute Gasteiger partial charge is 0.356 e. The zero-order chi connectivity index (χ0) is 13.5. The monoisotopic (exact) mass is 260 g/mol. The van der Waals surface area contributed by atoms with Crippen molar-refractivity contribution in [3.8, 4) is 6.07 Å². The number of rotatable bonds is 4. The SMILES string of the molecule is CC12CC3CC(C1)CC(C(=O)NCCCC#N)(C3)C2. The number of unbranched alkanes of at least 4 members (excludes halogenated alkanes) is 1. The Balaban J connectivity index is 1.66. The van der Waals surface area contributed by atoms with E-state index in [4.69, 9.17) is 5.26 Å². The zero-order valence-corrected chi connectivity index (χ0v) is 11.9. The third-order valence-corrected chi connectivity index (χ3v) is 5.59. The smallest absolute Gasteiger partial charge is 0.226 e. The molecule has 0 aromatic heterocycles. The first-order chi connectivity index (χ1) is 9.05. The summed E-state index contributed by atoms with van der Waals surface area (Å²) in [7, 11) is 0. The van der Waals surface area contributed by atoms with Gasteiger partial charge in [-0.05, 0) is 62.2 Å². The van der Waals surface area contributed by atoms with E-state index in [0.29, 0.717) is 18.4 Å². The van der Waals surface area contributed by atoms with Crippen molar-refractivity contribution in [2.45, 2.75) is 58.3 Å². The van der Waals surface area contributed by atoms with Gasteiger partial charge in [0.25, 0.3) is 0 Å². The van der Waals surface area contributed by atoms with Crippen molar-refractivity contribution in [2.75, 3.05) is 6.54 Å². The van der Waals surface area contributed by atoms with E-state index in [1.54, 1.807) is 0 Å². The number of nitrogens with zero attached hydrogens (tertiary/aromatic N) is 1. The molecule has 4 fully saturated rings. The summed E-state index contributed by atoms with van der Waals surface area (Å²) in [5.41, 5.74) is 0.361. The first-order valence-corrected chi connectivity index (χ1v) is 7.71. The standard InChI is InChI=1S/C16H24N2O/c1-15-7-12-6-13(8-15)10-16(9-12,11-15)14(19)18-5-3-2-4-17/h12-13H,2-3,5-11H2,1H3,(H,18,19). The molecule has 0 saturated heterocycles. The molecule has 3 heteroatoms. The van der Waals surface area contributed by atoms with Gasteiger partial charge in [-0.25, -0.2) is 0 Å². The van der Waals surface area contributed by atoms with Crippen molar-refractivity contribution < 1.29 is 4.79 Å². The van der Waals surface area contributed by atoms with Crippen LogP contribution in [0, 0.1) is 34.0 Å². The van der Waals surface area contributed by atoms with Gasteiger partial charge in [0.1, 0.15) is 0 Å². The van der Waals surface area contributed by atoms with E-state index in [0.717, 1.165) is 37.5 Å². The Morgan fingerprint density at radius 1 is 1.32 bits per heavy atom. The Morgan fingerprint density at radius 2 is 2.00 bits per heavy atom. The predicted molar refractivity (Wildman–Crippen MR) is 73.1 cm³/mol. The number of carbonyl (C=O) groups is 1. The van der Waals surface area contributed by atoms with Gasteiger partial charge in [-0.3, -0.25) is 4.79 Å². The summed E-state index contributed by atoms with van der Waals surface area (Å²) in [4.78, 5) is 12.6. The van der Waals surface area contributed by atoms with Crippen LogP contribution in [0.25, 0.3) is 0 Å². The second-order valence-corrected chi connectivity index (χ2v) is 7.57. The van der Waals surface area contributed by atoms with Gasteiger partial charge in [0.05, 0.1) is 11.5 Å². The molecule has 19 heavy (non-hydrogen) atoms. The highest BCUT2D eigenvalue weighted by Gasteiger charge is 2.58. The molecule has 4 rings (SSSR count). The molecule has 1 amide bonds. The van der Waals surface area contributed by atoms with Crippen molar-refractivity contribution in [1.82, 2.24) is 5.32 Å². The third kappa shape index (κ3) is 2.26. The second kappa shape index (κ2) is 4.51. The quantitative estimate of drug-likeness (QED) is 0.790. The summed E-state index contributed by atoms with van der Waals surface area (Å²) >= 11 is 0. The third-order valence-electron chi connectivity index (χ3n) is 5.59. The van der Waals surface area contributed by atoms with Gasteiger partial charge < -0.3 is 5.32 Å². The summed E-state index contributed by atoms with van der Waals surface area (Å²) < 4.78 is 0. The maximum absolute atomic E-state index is 12.6. The fraction of sp³-hybridized carbons (Fsp3) is 0.875. The minimum atomic E-state index is -0.0640. The van der Waals surface area contributed by atoms with Crippen LogP contribution >= 0.6 is 0 Å². The van der Waals surface area contributed by atoms with Crippen molar-refractivity contribution in [1.29, 1.82) is 5.26 Å². The molecule has 0 aliphatic heterocycles. The highest BCUT2D eigenvalue weighted by molar-refractivity contribution is 5.83. The van der Waals surface area contributed by atoms with E-state index in [1.807, 2.05) is 0 Å². The molecule has 4 saturated carbocycles. The molecule has 2 unspecified atom stereocenters. The maximum atomic E-state index is 12.6. The van der Waals surface area contributed by atoms with Gasteiger partial charge in [-0.2, -0.15) is 5.26 Å². The lowest BCUT2D eigenvalue weighted by atomic mass is 9.44. The Kier molecular flexibility index (Phi) is 3.08. The average molecular weight is 260 g/mol. The molecule has 0 heterocycles. The van der Waals surface area contributed by atoms with Gasteiger partial charge in [-0.1, -0.05) is 6.92 Å². The van der Waals surface area contributed by atoms with Crippen molar-refractivity contribution >= 4 is 5.91 Å². The van der Waals surface area contributed by atoms with E-state index in [2.05, 4.69) is 18.3 Å². The lowest BCUT2D eigenvalue weighted by Crippen LogP contribution is -2.56. The normalized spacial score (nSPS) is 42.9. The first kappa shape index (κ1) is 13.0. The Bertz CT molecular complexity index is 409. The fourth-order valence-electron chi connectivity index (χ4n) is 5.54. The summed E-state index contributed by atoms with van der Waals surface area (Å²) in [6.45, 7) is 3.06. The van der Waals surface area contributed by atoms with Crippen LogP contribution in [0.15, 0.2) is 0 Å². The highest BCUT2D eigenvalue weighted by atomic mass is 16.2. The fourth-order valence-corrected chi connectivity index (χ4v) is 5.54. The molecular weight excluding hydrogens is 236 g/mol. The van der Waals surface area contributed by atoms with E-state index in [9.17, 15) is 4.79 Å². The predicted octanol–water partition coefficient (Wildman–Crippen LogP) is 3.01. The lowest BCUT2D eigenvalue weighted by molar-refractivity contribution is -0.155. The van der Waals surface area contributed by atoms with Crippen LogP contribution in [0.2, 0.25) is 0 Å². The van der Waals surface area contributed by atoms with Crippen LogP contribution in [-0.4, -0.2) is 12.5 Å². The van der Waals surface area contributed by atoms with Gasteiger partial charge in [0.2, 0.25) is 5.91 Å². The van der Waals surface area contributed by atoms with E-state index < -0.39 is 0 Å². The van der Waals surface area contributed by atoms with Gasteiger partial charge >= 0.3 is 0 Å². The maximum Gasteiger partial charge on any atom is 0.226 e. The minimum Gasteiger partial charge on any atom is -0.356 e. The van der Waals surface area contributed by atoms with Crippen LogP contribution < -0.4 is 5.32 Å². The number of carbonyl (C=O) groups excluding carboxylic acids is 1. The van der Waals surface area contributed by atoms with Crippen LogP contribution in [0.5, 0.6) is 0 Å². The van der Waals surface area contributed by atoms with Crippen LogP contribution in [0.3, 0.4) is 0 Å². The highest BCUT2D eigenvalue weighted by Crippen LogP contribution is 2.65. The first-order valence-electron chi connectivity index (χ1n) is 7.71. The Morgan fingerprint density at radius 3 is 2.58 bits per heavy atom. The molecule has 104 valence electrons. The van der Waals surface area contributed by atoms with Gasteiger partial charge in [-0.15, -0.1) is 0 Å². The van der Waals surface area contributed by atoms with Crippen molar-refractivity contribution in [3.05, 3.63) is 0 Å². The summed E-state index contributed by atoms with van der Waals surface area (Å²) in [6.07, 6.45) is 8.68. The molecule has 0 aromatic rings. The Hall–Kier alpha value is -1.04. The van der Waals surface area contributed by atoms with Crippen molar-refractivity contribution in [3.63, 3.8) is 0 Å². The molecule has 2 atom stereocenters. The molecular formula is C16H24N2O. The Labute approximate surface area is 115 Å². The molecule has 4 bridgehead atoms.